The number of hydrogen-bond acceptors (Lipinski definition) is 10. The number of nitrogens with zero attached hydrogens (tertiary/aromatic N) is 2. The molecule has 208 valence electrons. The first-order valence-electron chi connectivity index (χ1n) is 11.6. The van der Waals surface area contributed by atoms with Gasteiger partial charge in [0, 0.05) is 40.7 Å². The fraction of sp³-hybridized carbons (Fsp3) is 0.0714. The Hall–Kier alpha value is -4.62. The summed E-state index contributed by atoms with van der Waals surface area (Å²) in [6.45, 7) is 1.26. The molecule has 0 fully saturated rings. The van der Waals surface area contributed by atoms with Crippen LogP contribution >= 0.6 is 31.9 Å². The Kier molecular flexibility index (Phi) is 9.10. The number of cyclic esters (lactones) is 1. The first-order valence-corrected chi connectivity index (χ1v) is 13.2. The summed E-state index contributed by atoms with van der Waals surface area (Å²) in [6.07, 6.45) is 3.89. The third-order valence-electron chi connectivity index (χ3n) is 5.31. The number of benzene rings is 3. The highest BCUT2D eigenvalue weighted by Crippen LogP contribution is 2.36. The molecule has 0 N–H and O–H groups in total. The SMILES string of the molecule is COc1cc(C2=N/C(=C\c3cc(Br)cc(Br)c3OC(=O)/C=C/c3cccc([N+](=O)[O-])c3)C(=O)O2)ccc1OC(C)=O. The lowest BCUT2D eigenvalue weighted by Crippen LogP contribution is -2.07. The number of ether oxygens (including phenoxy) is 4. The summed E-state index contributed by atoms with van der Waals surface area (Å²) in [4.78, 5) is 51.4. The zero-order valence-electron chi connectivity index (χ0n) is 21.3. The second-order valence-electron chi connectivity index (χ2n) is 8.21. The zero-order valence-corrected chi connectivity index (χ0v) is 24.4. The van der Waals surface area contributed by atoms with Gasteiger partial charge in [0.15, 0.2) is 22.9 Å². The number of hydrogen-bond donors (Lipinski definition) is 0. The van der Waals surface area contributed by atoms with Crippen LogP contribution in [0.5, 0.6) is 17.2 Å². The molecule has 0 saturated heterocycles. The molecule has 0 saturated carbocycles. The average molecular weight is 686 g/mol. The van der Waals surface area contributed by atoms with Gasteiger partial charge >= 0.3 is 17.9 Å². The third kappa shape index (κ3) is 7.32. The zero-order chi connectivity index (χ0) is 29.7. The van der Waals surface area contributed by atoms with Crippen molar-refractivity contribution in [2.45, 2.75) is 6.92 Å². The minimum Gasteiger partial charge on any atom is -0.493 e. The quantitative estimate of drug-likeness (QED) is 0.0914. The van der Waals surface area contributed by atoms with Gasteiger partial charge in [-0.2, -0.15) is 0 Å². The molecular formula is C28H18Br2N2O9. The largest absolute Gasteiger partial charge is 0.493 e. The Morgan fingerprint density at radius 1 is 1.05 bits per heavy atom. The van der Waals surface area contributed by atoms with Gasteiger partial charge in [-0.25, -0.2) is 14.6 Å². The molecular weight excluding hydrogens is 668 g/mol. The van der Waals surface area contributed by atoms with E-state index in [0.29, 0.717) is 25.6 Å². The monoisotopic (exact) mass is 684 g/mol. The molecule has 0 aliphatic carbocycles. The predicted molar refractivity (Wildman–Crippen MR) is 155 cm³/mol. The van der Waals surface area contributed by atoms with Crippen molar-refractivity contribution in [2.75, 3.05) is 7.11 Å². The van der Waals surface area contributed by atoms with E-state index in [0.717, 1.165) is 6.08 Å². The second kappa shape index (κ2) is 12.7. The maximum absolute atomic E-state index is 12.7. The number of esters is 3. The highest BCUT2D eigenvalue weighted by molar-refractivity contribution is 9.11. The topological polar surface area (TPSA) is 144 Å². The lowest BCUT2D eigenvalue weighted by atomic mass is 10.1. The van der Waals surface area contributed by atoms with Crippen LogP contribution < -0.4 is 14.2 Å². The van der Waals surface area contributed by atoms with E-state index in [-0.39, 0.29) is 34.5 Å². The van der Waals surface area contributed by atoms with Crippen molar-refractivity contribution in [1.82, 2.24) is 0 Å². The molecule has 41 heavy (non-hydrogen) atoms. The molecule has 13 heteroatoms. The fourth-order valence-corrected chi connectivity index (χ4v) is 4.89. The Morgan fingerprint density at radius 3 is 2.54 bits per heavy atom. The number of rotatable bonds is 8. The van der Waals surface area contributed by atoms with Crippen LogP contribution in [0.2, 0.25) is 0 Å². The van der Waals surface area contributed by atoms with Crippen molar-refractivity contribution < 1.29 is 38.3 Å². The maximum atomic E-state index is 12.7. The Morgan fingerprint density at radius 2 is 1.83 bits per heavy atom. The van der Waals surface area contributed by atoms with Crippen molar-refractivity contribution in [1.29, 1.82) is 0 Å². The number of carbonyl (C=O) groups is 3. The smallest absolute Gasteiger partial charge is 0.363 e. The van der Waals surface area contributed by atoms with Gasteiger partial charge < -0.3 is 18.9 Å². The molecule has 1 aliphatic heterocycles. The lowest BCUT2D eigenvalue weighted by Gasteiger charge is -2.09. The van der Waals surface area contributed by atoms with Crippen LogP contribution in [0.4, 0.5) is 5.69 Å². The number of halogens is 2. The van der Waals surface area contributed by atoms with Crippen LogP contribution in [-0.4, -0.2) is 35.8 Å². The van der Waals surface area contributed by atoms with E-state index in [1.807, 2.05) is 0 Å². The van der Waals surface area contributed by atoms with Gasteiger partial charge in [-0.1, -0.05) is 28.1 Å². The predicted octanol–water partition coefficient (Wildman–Crippen LogP) is 6.02. The average Bonchev–Trinajstić information content (AvgIpc) is 3.29. The van der Waals surface area contributed by atoms with Gasteiger partial charge in [0.2, 0.25) is 5.90 Å². The van der Waals surface area contributed by atoms with Gasteiger partial charge in [0.1, 0.15) is 0 Å². The van der Waals surface area contributed by atoms with Crippen molar-refractivity contribution >= 4 is 73.5 Å². The summed E-state index contributed by atoms with van der Waals surface area (Å²) >= 11 is 6.74. The van der Waals surface area contributed by atoms with Crippen LogP contribution in [0.15, 0.2) is 80.3 Å². The molecule has 4 rings (SSSR count). The van der Waals surface area contributed by atoms with Crippen LogP contribution in [0.25, 0.3) is 12.2 Å². The summed E-state index contributed by atoms with van der Waals surface area (Å²) in [7, 11) is 1.40. The molecule has 0 amide bonds. The van der Waals surface area contributed by atoms with E-state index < -0.39 is 22.8 Å². The molecule has 3 aromatic carbocycles. The molecule has 11 nitrogen and oxygen atoms in total. The van der Waals surface area contributed by atoms with Crippen LogP contribution in [-0.2, 0) is 19.1 Å². The maximum Gasteiger partial charge on any atom is 0.363 e. The van der Waals surface area contributed by atoms with Gasteiger partial charge in [-0.05, 0) is 64.0 Å². The molecule has 1 heterocycles. The molecule has 3 aromatic rings. The van der Waals surface area contributed by atoms with Crippen molar-refractivity contribution in [3.05, 3.63) is 102 Å². The molecule has 1 aliphatic rings. The van der Waals surface area contributed by atoms with Crippen LogP contribution in [0.3, 0.4) is 0 Å². The highest BCUT2D eigenvalue weighted by Gasteiger charge is 2.26. The van der Waals surface area contributed by atoms with E-state index in [1.54, 1.807) is 24.3 Å². The van der Waals surface area contributed by atoms with E-state index in [2.05, 4.69) is 36.9 Å². The third-order valence-corrected chi connectivity index (χ3v) is 6.36. The number of methoxy groups -OCH3 is 1. The van der Waals surface area contributed by atoms with Gasteiger partial charge in [0.25, 0.3) is 5.69 Å². The fourth-order valence-electron chi connectivity index (χ4n) is 3.56. The van der Waals surface area contributed by atoms with Crippen molar-refractivity contribution in [3.8, 4) is 17.2 Å². The van der Waals surface area contributed by atoms with E-state index in [9.17, 15) is 24.5 Å². The van der Waals surface area contributed by atoms with Crippen LogP contribution in [0, 0.1) is 10.1 Å². The summed E-state index contributed by atoms with van der Waals surface area (Å²) in [5.74, 6) is -1.53. The van der Waals surface area contributed by atoms with Crippen molar-refractivity contribution in [2.24, 2.45) is 4.99 Å². The number of nitro groups is 1. The summed E-state index contributed by atoms with van der Waals surface area (Å²) < 4.78 is 22.2. The lowest BCUT2D eigenvalue weighted by molar-refractivity contribution is -0.384. The number of carbonyl (C=O) groups excluding carboxylic acids is 3. The molecule has 0 unspecified atom stereocenters. The molecule has 0 aromatic heterocycles. The normalized spacial score (nSPS) is 13.6. The van der Waals surface area contributed by atoms with E-state index in [1.165, 1.54) is 56.5 Å². The number of nitro benzene ring substituents is 1. The molecule has 0 bridgehead atoms. The summed E-state index contributed by atoms with van der Waals surface area (Å²) in [5.41, 5.74) is 0.956. The Bertz CT molecular complexity index is 1680. The molecule has 0 spiro atoms. The highest BCUT2D eigenvalue weighted by atomic mass is 79.9. The Labute approximate surface area is 249 Å². The Balaban J connectivity index is 1.62. The minimum absolute atomic E-state index is 0.0126. The standard InChI is InChI=1S/C28H18Br2N2O9/c1-15(33)39-23-8-7-17(13-24(23)38-2)27-31-22(28(35)41-27)12-18-11-19(29)14-21(30)26(18)40-25(34)9-6-16-4-3-5-20(10-16)32(36)37/h3-14H,1-2H3/b9-6+,22-12-. The first-order chi connectivity index (χ1) is 19.5. The minimum atomic E-state index is -0.766. The molecule has 0 radical (unpaired) electrons. The van der Waals surface area contributed by atoms with Gasteiger partial charge in [-0.15, -0.1) is 0 Å². The van der Waals surface area contributed by atoms with Gasteiger partial charge in [-0.3, -0.25) is 14.9 Å². The first kappa shape index (κ1) is 29.4. The summed E-state index contributed by atoms with van der Waals surface area (Å²) in [6, 6.07) is 13.5. The van der Waals surface area contributed by atoms with Crippen molar-refractivity contribution in [3.63, 3.8) is 0 Å². The second-order valence-corrected chi connectivity index (χ2v) is 9.98. The van der Waals surface area contributed by atoms with Gasteiger partial charge in [0.05, 0.1) is 16.5 Å². The molecule has 0 atom stereocenters. The van der Waals surface area contributed by atoms with Crippen LogP contribution in [0.1, 0.15) is 23.6 Å². The number of aliphatic imine (C=N–C) groups is 1. The van der Waals surface area contributed by atoms with E-state index in [4.69, 9.17) is 18.9 Å². The van der Waals surface area contributed by atoms with E-state index >= 15 is 0 Å². The number of non-ortho nitro benzene ring substituents is 1. The summed E-state index contributed by atoms with van der Waals surface area (Å²) in [5, 5.41) is 11.0.